The van der Waals surface area contributed by atoms with Gasteiger partial charge in [0.15, 0.2) is 9.84 Å². The van der Waals surface area contributed by atoms with Gasteiger partial charge < -0.3 is 9.64 Å². The summed E-state index contributed by atoms with van der Waals surface area (Å²) in [6, 6.07) is 26.5. The number of benzene rings is 3. The number of sulfone groups is 1. The van der Waals surface area contributed by atoms with Crippen LogP contribution >= 0.6 is 0 Å². The summed E-state index contributed by atoms with van der Waals surface area (Å²) < 4.78 is 32.1. The topological polar surface area (TPSA) is 59.5 Å². The lowest BCUT2D eigenvalue weighted by atomic mass is 9.82. The second-order valence-corrected chi connectivity index (χ2v) is 13.6. The lowest BCUT2D eigenvalue weighted by Crippen LogP contribution is -2.49. The van der Waals surface area contributed by atoms with Crippen molar-refractivity contribution in [2.75, 3.05) is 18.0 Å². The maximum Gasteiger partial charge on any atom is 0.160 e. The van der Waals surface area contributed by atoms with Crippen molar-refractivity contribution in [3.8, 4) is 16.9 Å². The van der Waals surface area contributed by atoms with Crippen LogP contribution in [-0.2, 0) is 27.8 Å². The van der Waals surface area contributed by atoms with Gasteiger partial charge in [0.05, 0.1) is 17.2 Å². The maximum absolute atomic E-state index is 12.7. The maximum atomic E-state index is 12.7. The summed E-state index contributed by atoms with van der Waals surface area (Å²) >= 11 is 0. The SMILES string of the molecule is Cc1cc(C)cc(N2CCC3(CCc4cc(-c5ccc(CS(=O)(=O)Cc6ccccn6)cc5)ccc4O3)CC2)c1. The summed E-state index contributed by atoms with van der Waals surface area (Å²) in [6.07, 6.45) is 5.74. The molecule has 6 heteroatoms. The molecule has 0 aliphatic carbocycles. The molecule has 4 aromatic rings. The number of nitrogens with zero attached hydrogens (tertiary/aromatic N) is 2. The summed E-state index contributed by atoms with van der Waals surface area (Å²) in [6.45, 7) is 6.36. The number of ether oxygens (including phenoxy) is 1. The lowest BCUT2D eigenvalue weighted by molar-refractivity contribution is 0.0226. The number of fused-ring (bicyclic) bond motifs is 1. The van der Waals surface area contributed by atoms with Crippen LogP contribution in [-0.4, -0.2) is 32.1 Å². The Labute approximate surface area is 237 Å². The average Bonchev–Trinajstić information content (AvgIpc) is 2.93. The first-order valence-corrected chi connectivity index (χ1v) is 15.9. The smallest absolute Gasteiger partial charge is 0.160 e. The molecule has 0 amide bonds. The fourth-order valence-corrected chi connectivity index (χ4v) is 7.59. The highest BCUT2D eigenvalue weighted by Gasteiger charge is 2.39. The highest BCUT2D eigenvalue weighted by atomic mass is 32.2. The zero-order valence-corrected chi connectivity index (χ0v) is 24.1. The van der Waals surface area contributed by atoms with Crippen molar-refractivity contribution in [3.05, 3.63) is 113 Å². The summed E-state index contributed by atoms with van der Waals surface area (Å²) in [4.78, 5) is 6.65. The molecule has 1 fully saturated rings. The van der Waals surface area contributed by atoms with Gasteiger partial charge in [-0.3, -0.25) is 4.98 Å². The summed E-state index contributed by atoms with van der Waals surface area (Å²) in [5.41, 5.74) is 8.70. The molecule has 1 spiro atoms. The van der Waals surface area contributed by atoms with Gasteiger partial charge in [0, 0.05) is 37.8 Å². The molecule has 2 aliphatic rings. The van der Waals surface area contributed by atoms with Crippen LogP contribution in [0.4, 0.5) is 5.69 Å². The number of piperidine rings is 1. The number of pyridine rings is 1. The van der Waals surface area contributed by atoms with E-state index < -0.39 is 9.84 Å². The van der Waals surface area contributed by atoms with Gasteiger partial charge >= 0.3 is 0 Å². The van der Waals surface area contributed by atoms with Gasteiger partial charge in [-0.05, 0) is 96.5 Å². The summed E-state index contributed by atoms with van der Waals surface area (Å²) in [5, 5.41) is 0. The molecule has 0 atom stereocenters. The lowest BCUT2D eigenvalue weighted by Gasteiger charge is -2.45. The molecular weight excluding hydrogens is 516 g/mol. The van der Waals surface area contributed by atoms with E-state index in [1.165, 1.54) is 22.4 Å². The molecule has 0 saturated carbocycles. The van der Waals surface area contributed by atoms with E-state index in [0.29, 0.717) is 5.69 Å². The Morgan fingerprint density at radius 1 is 0.825 bits per heavy atom. The highest BCUT2D eigenvalue weighted by Crippen LogP contribution is 2.41. The van der Waals surface area contributed by atoms with Crippen molar-refractivity contribution < 1.29 is 13.2 Å². The zero-order chi connectivity index (χ0) is 27.7. The number of anilines is 1. The predicted octanol–water partition coefficient (Wildman–Crippen LogP) is 6.84. The molecule has 6 rings (SSSR count). The third-order valence-electron chi connectivity index (χ3n) is 8.25. The van der Waals surface area contributed by atoms with E-state index in [1.54, 1.807) is 18.3 Å². The second-order valence-electron chi connectivity index (χ2n) is 11.5. The molecule has 1 saturated heterocycles. The van der Waals surface area contributed by atoms with Crippen LogP contribution in [0.2, 0.25) is 0 Å². The van der Waals surface area contributed by atoms with E-state index in [1.807, 2.05) is 30.3 Å². The molecule has 40 heavy (non-hydrogen) atoms. The number of aromatic nitrogens is 1. The van der Waals surface area contributed by atoms with E-state index in [0.717, 1.165) is 61.2 Å². The van der Waals surface area contributed by atoms with Crippen LogP contribution in [0.25, 0.3) is 11.1 Å². The van der Waals surface area contributed by atoms with Crippen molar-refractivity contribution in [1.29, 1.82) is 0 Å². The first-order chi connectivity index (χ1) is 19.3. The Bertz CT molecular complexity index is 1590. The number of rotatable bonds is 6. The fraction of sp³-hybridized carbons (Fsp3) is 0.324. The van der Waals surface area contributed by atoms with Gasteiger partial charge in [0.2, 0.25) is 0 Å². The van der Waals surface area contributed by atoms with Crippen molar-refractivity contribution in [3.63, 3.8) is 0 Å². The van der Waals surface area contributed by atoms with E-state index in [4.69, 9.17) is 4.74 Å². The van der Waals surface area contributed by atoms with Crippen LogP contribution in [0.1, 0.15) is 47.2 Å². The number of hydrogen-bond acceptors (Lipinski definition) is 5. The van der Waals surface area contributed by atoms with Crippen LogP contribution in [0, 0.1) is 13.8 Å². The van der Waals surface area contributed by atoms with E-state index in [-0.39, 0.29) is 17.1 Å². The monoisotopic (exact) mass is 552 g/mol. The Morgan fingerprint density at radius 3 is 2.25 bits per heavy atom. The number of hydrogen-bond donors (Lipinski definition) is 0. The second kappa shape index (κ2) is 10.7. The van der Waals surface area contributed by atoms with Gasteiger partial charge in [0.25, 0.3) is 0 Å². The quantitative estimate of drug-likeness (QED) is 0.262. The molecule has 3 heterocycles. The molecule has 0 radical (unpaired) electrons. The molecule has 0 unspecified atom stereocenters. The Morgan fingerprint density at radius 2 is 1.55 bits per heavy atom. The van der Waals surface area contributed by atoms with E-state index >= 15 is 0 Å². The van der Waals surface area contributed by atoms with Crippen molar-refractivity contribution >= 4 is 15.5 Å². The number of aryl methyl sites for hydroxylation is 3. The molecule has 0 bridgehead atoms. The molecule has 0 N–H and O–H groups in total. The molecule has 3 aromatic carbocycles. The molecule has 5 nitrogen and oxygen atoms in total. The van der Waals surface area contributed by atoms with Crippen molar-refractivity contribution in [1.82, 2.24) is 4.98 Å². The summed E-state index contributed by atoms with van der Waals surface area (Å²) in [5.74, 6) is 0.961. The van der Waals surface area contributed by atoms with Gasteiger partial charge in [-0.15, -0.1) is 0 Å². The fourth-order valence-electron chi connectivity index (χ4n) is 6.17. The van der Waals surface area contributed by atoms with Crippen LogP contribution in [0.3, 0.4) is 0 Å². The van der Waals surface area contributed by atoms with E-state index in [9.17, 15) is 8.42 Å². The first-order valence-electron chi connectivity index (χ1n) is 14.1. The van der Waals surface area contributed by atoms with Crippen molar-refractivity contribution in [2.24, 2.45) is 0 Å². The van der Waals surface area contributed by atoms with Gasteiger partial charge in [-0.25, -0.2) is 8.42 Å². The zero-order valence-electron chi connectivity index (χ0n) is 23.3. The molecule has 206 valence electrons. The summed E-state index contributed by atoms with van der Waals surface area (Å²) in [7, 11) is -3.30. The predicted molar refractivity (Wildman–Crippen MR) is 161 cm³/mol. The Balaban J connectivity index is 1.10. The van der Waals surface area contributed by atoms with Crippen LogP contribution < -0.4 is 9.64 Å². The van der Waals surface area contributed by atoms with Crippen LogP contribution in [0.5, 0.6) is 5.75 Å². The third-order valence-corrected chi connectivity index (χ3v) is 9.76. The highest BCUT2D eigenvalue weighted by molar-refractivity contribution is 7.89. The van der Waals surface area contributed by atoms with Gasteiger partial charge in [-0.2, -0.15) is 0 Å². The average molecular weight is 553 g/mol. The first kappa shape index (κ1) is 26.6. The Kier molecular flexibility index (Phi) is 7.13. The van der Waals surface area contributed by atoms with E-state index in [2.05, 4.69) is 60.1 Å². The minimum absolute atomic E-state index is 0.00484. The molecule has 1 aromatic heterocycles. The molecule has 2 aliphatic heterocycles. The van der Waals surface area contributed by atoms with Crippen LogP contribution in [0.15, 0.2) is 85.1 Å². The van der Waals surface area contributed by atoms with Crippen molar-refractivity contribution in [2.45, 2.75) is 56.6 Å². The molecular formula is C34H36N2O3S. The largest absolute Gasteiger partial charge is 0.487 e. The normalized spacial score (nSPS) is 16.4. The van der Waals surface area contributed by atoms with Gasteiger partial charge in [-0.1, -0.05) is 42.5 Å². The Hall–Kier alpha value is -3.64. The standard InChI is InChI=1S/C34H36N2O3S/c1-25-19-26(2)21-32(20-25)36-17-14-34(15-18-36)13-12-30-22-29(10-11-33(30)39-34)28-8-6-27(7-9-28)23-40(37,38)24-31-5-3-4-16-35-31/h3-11,16,19-22H,12-15,17-18,23-24H2,1-2H3. The minimum Gasteiger partial charge on any atom is -0.487 e. The third kappa shape index (κ3) is 5.92. The minimum atomic E-state index is -3.30. The van der Waals surface area contributed by atoms with Gasteiger partial charge in [0.1, 0.15) is 11.4 Å².